The lowest BCUT2D eigenvalue weighted by Crippen LogP contribution is -2.36. The maximum Gasteiger partial charge on any atom is 0.253 e. The summed E-state index contributed by atoms with van der Waals surface area (Å²) in [6.45, 7) is 1.52. The molecule has 2 aromatic rings. The van der Waals surface area contributed by atoms with Crippen LogP contribution in [0.1, 0.15) is 64.2 Å². The largest absolute Gasteiger partial charge is 0.380 e. The Kier molecular flexibility index (Phi) is 10.5. The Labute approximate surface area is 195 Å². The summed E-state index contributed by atoms with van der Waals surface area (Å²) in [5.41, 5.74) is 0.588. The second-order valence-electron chi connectivity index (χ2n) is 8.51. The molecule has 32 heavy (non-hydrogen) atoms. The fourth-order valence-electron chi connectivity index (χ4n) is 4.11. The van der Waals surface area contributed by atoms with Gasteiger partial charge < -0.3 is 10.6 Å². The Morgan fingerprint density at radius 2 is 1.75 bits per heavy atom. The fraction of sp³-hybridized carbons (Fsp3) is 0.625. The molecule has 3 rings (SSSR count). The van der Waals surface area contributed by atoms with Gasteiger partial charge in [-0.15, -0.1) is 4.47 Å². The van der Waals surface area contributed by atoms with Crippen LogP contribution in [0.4, 0.5) is 17.1 Å². The third-order valence-electron chi connectivity index (χ3n) is 6.03. The van der Waals surface area contributed by atoms with Crippen LogP contribution in [-0.4, -0.2) is 35.4 Å². The van der Waals surface area contributed by atoms with Gasteiger partial charge in [-0.3, -0.25) is 19.4 Å². The summed E-state index contributed by atoms with van der Waals surface area (Å²) in [6, 6.07) is 3.52. The Morgan fingerprint density at radius 3 is 2.53 bits per heavy atom. The van der Waals surface area contributed by atoms with Crippen LogP contribution >= 0.6 is 11.9 Å². The molecule has 1 aliphatic rings. The van der Waals surface area contributed by atoms with E-state index in [2.05, 4.69) is 15.6 Å². The second kappa shape index (κ2) is 13.6. The number of nitrogens with zero attached hydrogens (tertiary/aromatic N) is 2. The second-order valence-corrected chi connectivity index (χ2v) is 9.69. The van der Waals surface area contributed by atoms with Crippen molar-refractivity contribution in [1.82, 2.24) is 9.45 Å². The smallest absolute Gasteiger partial charge is 0.253 e. The number of nitrogens with one attached hydrogen (secondary N) is 2. The predicted octanol–water partition coefficient (Wildman–Crippen LogP) is 4.88. The van der Waals surface area contributed by atoms with Gasteiger partial charge in [0.25, 0.3) is 10.9 Å². The average molecular weight is 461 g/mol. The van der Waals surface area contributed by atoms with Crippen molar-refractivity contribution in [2.24, 2.45) is 5.92 Å². The summed E-state index contributed by atoms with van der Waals surface area (Å²) in [5, 5.41) is 6.13. The molecule has 0 amide bonds. The number of rotatable bonds is 15. The van der Waals surface area contributed by atoms with Gasteiger partial charge in [0.2, 0.25) is 0 Å². The average Bonchev–Trinajstić information content (AvgIpc) is 2.83. The summed E-state index contributed by atoms with van der Waals surface area (Å²) in [5.74, 6) is 1.91. The van der Waals surface area contributed by atoms with E-state index in [-0.39, 0.29) is 0 Å². The van der Waals surface area contributed by atoms with Crippen LogP contribution in [0.3, 0.4) is 0 Å². The molecule has 1 aromatic carbocycles. The highest BCUT2D eigenvalue weighted by molar-refractivity contribution is 7.96. The van der Waals surface area contributed by atoms with Crippen LogP contribution in [0, 0.1) is 5.92 Å². The number of anilines is 3. The van der Waals surface area contributed by atoms with E-state index >= 15 is 0 Å². The number of hydrogen-bond acceptors (Lipinski definition) is 8. The molecule has 1 aliphatic carbocycles. The summed E-state index contributed by atoms with van der Waals surface area (Å²) in [7, 11) is 2.00. The van der Waals surface area contributed by atoms with Gasteiger partial charge in [-0.1, -0.05) is 56.9 Å². The highest BCUT2D eigenvalue weighted by atomic mass is 32.2. The van der Waals surface area contributed by atoms with E-state index in [9.17, 15) is 9.59 Å². The molecular formula is C24H36N4O3S. The molecule has 0 radical (unpaired) electrons. The Morgan fingerprint density at radius 1 is 1.03 bits per heavy atom. The molecule has 0 aliphatic heterocycles. The van der Waals surface area contributed by atoms with E-state index in [4.69, 9.17) is 4.84 Å². The van der Waals surface area contributed by atoms with Crippen LogP contribution in [-0.2, 0) is 4.84 Å². The third kappa shape index (κ3) is 7.90. The molecular weight excluding hydrogens is 424 g/mol. The topological polar surface area (TPSA) is 83.6 Å². The summed E-state index contributed by atoms with van der Waals surface area (Å²) < 4.78 is 1.91. The van der Waals surface area contributed by atoms with Crippen LogP contribution in [0.5, 0.6) is 0 Å². The molecule has 0 atom stereocenters. The summed E-state index contributed by atoms with van der Waals surface area (Å²) >= 11 is 1.74. The van der Waals surface area contributed by atoms with Gasteiger partial charge in [-0.25, -0.2) is 0 Å². The Bertz CT molecular complexity index is 864. The minimum Gasteiger partial charge on any atom is -0.380 e. The van der Waals surface area contributed by atoms with Crippen molar-refractivity contribution in [2.45, 2.75) is 64.2 Å². The van der Waals surface area contributed by atoms with Crippen molar-refractivity contribution in [1.29, 1.82) is 0 Å². The van der Waals surface area contributed by atoms with E-state index in [1.165, 1.54) is 38.5 Å². The van der Waals surface area contributed by atoms with Crippen molar-refractivity contribution < 1.29 is 4.84 Å². The molecule has 0 saturated heterocycles. The Hall–Kier alpha value is -1.90. The zero-order valence-electron chi connectivity index (χ0n) is 19.1. The first kappa shape index (κ1) is 24.7. The molecule has 0 unspecified atom stereocenters. The lowest BCUT2D eigenvalue weighted by Gasteiger charge is -2.22. The van der Waals surface area contributed by atoms with Crippen molar-refractivity contribution in [3.8, 4) is 0 Å². The maximum absolute atomic E-state index is 11.9. The van der Waals surface area contributed by atoms with Gasteiger partial charge >= 0.3 is 0 Å². The highest BCUT2D eigenvalue weighted by Crippen LogP contribution is 2.26. The van der Waals surface area contributed by atoms with Crippen molar-refractivity contribution in [2.75, 3.05) is 36.6 Å². The molecule has 1 heterocycles. The quantitative estimate of drug-likeness (QED) is 0.168. The monoisotopic (exact) mass is 460 g/mol. The zero-order valence-corrected chi connectivity index (χ0v) is 19.9. The van der Waals surface area contributed by atoms with Crippen LogP contribution in [0.25, 0.3) is 0 Å². The first-order valence-electron chi connectivity index (χ1n) is 11.9. The fourth-order valence-corrected chi connectivity index (χ4v) is 4.85. The first-order valence-corrected chi connectivity index (χ1v) is 12.8. The molecule has 2 N–H and O–H groups in total. The predicted molar refractivity (Wildman–Crippen MR) is 133 cm³/mol. The number of aromatic nitrogens is 1. The van der Waals surface area contributed by atoms with Gasteiger partial charge in [0, 0.05) is 37.4 Å². The van der Waals surface area contributed by atoms with Gasteiger partial charge in [0.15, 0.2) is 0 Å². The van der Waals surface area contributed by atoms with Gasteiger partial charge in [0.1, 0.15) is 11.4 Å². The molecule has 1 saturated carbocycles. The van der Waals surface area contributed by atoms with E-state index in [0.717, 1.165) is 49.6 Å². The standard InChI is InChI=1S/C24H36N4O3S/c1-28(31-17-13-19-9-5-4-6-10-19)32-18-8-3-2-7-14-26-21-22(24(30)23(21)29)27-20-11-15-25-16-12-20/h11-12,15-16,19,26H,2-10,13-14,17-18H2,1H3,(H,25,27). The number of unbranched alkanes of at least 4 members (excludes halogenated alkanes) is 3. The lowest BCUT2D eigenvalue weighted by molar-refractivity contribution is -0.0616. The van der Waals surface area contributed by atoms with Gasteiger partial charge in [0.05, 0.1) is 6.61 Å². The van der Waals surface area contributed by atoms with Gasteiger partial charge in [-0.2, -0.15) is 0 Å². The number of hydroxylamine groups is 1. The van der Waals surface area contributed by atoms with E-state index in [1.54, 1.807) is 36.5 Å². The molecule has 0 spiro atoms. The van der Waals surface area contributed by atoms with Crippen molar-refractivity contribution >= 4 is 29.0 Å². The van der Waals surface area contributed by atoms with Crippen molar-refractivity contribution in [3.05, 3.63) is 45.0 Å². The van der Waals surface area contributed by atoms with Crippen LogP contribution < -0.4 is 21.5 Å². The van der Waals surface area contributed by atoms with E-state index in [1.807, 2.05) is 11.5 Å². The molecule has 1 fully saturated rings. The SMILES string of the molecule is CN(OCCC1CCCCC1)SCCCCCCNc1c(Nc2ccncc2)c(=O)c1=O. The van der Waals surface area contributed by atoms with E-state index in [0.29, 0.717) is 17.9 Å². The first-order chi connectivity index (χ1) is 15.6. The summed E-state index contributed by atoms with van der Waals surface area (Å²) in [4.78, 5) is 33.5. The molecule has 1 aromatic heterocycles. The molecule has 176 valence electrons. The molecule has 8 heteroatoms. The molecule has 7 nitrogen and oxygen atoms in total. The normalized spacial score (nSPS) is 14.8. The number of pyridine rings is 1. The van der Waals surface area contributed by atoms with Crippen molar-refractivity contribution in [3.63, 3.8) is 0 Å². The van der Waals surface area contributed by atoms with Crippen LogP contribution in [0.2, 0.25) is 0 Å². The zero-order chi connectivity index (χ0) is 22.6. The number of hydrogen-bond donors (Lipinski definition) is 2. The maximum atomic E-state index is 11.9. The van der Waals surface area contributed by atoms with E-state index < -0.39 is 10.9 Å². The van der Waals surface area contributed by atoms with Gasteiger partial charge in [-0.05, 0) is 37.3 Å². The lowest BCUT2D eigenvalue weighted by atomic mass is 9.87. The summed E-state index contributed by atoms with van der Waals surface area (Å²) in [6.07, 6.45) is 15.7. The minimum atomic E-state index is -0.466. The third-order valence-corrected chi connectivity index (χ3v) is 6.97. The van der Waals surface area contributed by atoms with Crippen LogP contribution in [0.15, 0.2) is 34.1 Å². The highest BCUT2D eigenvalue weighted by Gasteiger charge is 2.20. The molecule has 0 bridgehead atoms. The minimum absolute atomic E-state index is 0.351. The Balaban J connectivity index is 1.20.